The number of benzene rings is 7. The fourth-order valence-electron chi connectivity index (χ4n) is 8.89. The van der Waals surface area contributed by atoms with Gasteiger partial charge >= 0.3 is 0 Å². The zero-order valence-electron chi connectivity index (χ0n) is 30.1. The zero-order valence-corrected chi connectivity index (χ0v) is 31.1. The molecule has 0 bridgehead atoms. The summed E-state index contributed by atoms with van der Waals surface area (Å²) >= 11 is 0. The summed E-state index contributed by atoms with van der Waals surface area (Å²) in [5.74, 6) is 0.953. The average Bonchev–Trinajstić information content (AvgIpc) is 3.91. The molecule has 55 heavy (non-hydrogen) atoms. The minimum Gasteiger partial charge on any atom is -0.455 e. The van der Waals surface area contributed by atoms with Gasteiger partial charge in [0, 0.05) is 40.7 Å². The second kappa shape index (κ2) is 12.3. The van der Waals surface area contributed by atoms with E-state index in [0.717, 1.165) is 72.0 Å². The predicted molar refractivity (Wildman–Crippen MR) is 229 cm³/mol. The minimum atomic E-state index is -2.95. The smallest absolute Gasteiger partial charge is 0.179 e. The van der Waals surface area contributed by atoms with Crippen molar-refractivity contribution in [1.82, 2.24) is 19.1 Å². The highest BCUT2D eigenvalue weighted by atomic mass is 28.3. The largest absolute Gasteiger partial charge is 0.455 e. The fourth-order valence-corrected chi connectivity index (χ4v) is 13.7. The number of aromatic nitrogens is 4. The molecule has 7 aromatic carbocycles. The Bertz CT molecular complexity index is 3190. The molecule has 0 saturated heterocycles. The lowest BCUT2D eigenvalue weighted by Gasteiger charge is -2.35. The van der Waals surface area contributed by atoms with Crippen LogP contribution in [0.4, 0.5) is 0 Å². The van der Waals surface area contributed by atoms with E-state index in [-0.39, 0.29) is 0 Å². The van der Waals surface area contributed by atoms with Crippen molar-refractivity contribution in [1.29, 1.82) is 0 Å². The van der Waals surface area contributed by atoms with Crippen molar-refractivity contribution in [3.05, 3.63) is 188 Å². The molecule has 4 aromatic heterocycles. The highest BCUT2D eigenvalue weighted by Crippen LogP contribution is 2.39. The Hall–Kier alpha value is -7.02. The predicted octanol–water partition coefficient (Wildman–Crippen LogP) is 9.01. The normalized spacial score (nSPS) is 12.1. The van der Waals surface area contributed by atoms with Gasteiger partial charge in [-0.1, -0.05) is 146 Å². The van der Waals surface area contributed by atoms with Crippen molar-refractivity contribution in [2.24, 2.45) is 7.05 Å². The van der Waals surface area contributed by atoms with Gasteiger partial charge in [-0.3, -0.25) is 4.57 Å². The van der Waals surface area contributed by atoms with E-state index in [1.807, 2.05) is 18.3 Å². The highest BCUT2D eigenvalue weighted by Gasteiger charge is 2.42. The van der Waals surface area contributed by atoms with Crippen LogP contribution in [0.1, 0.15) is 0 Å². The third-order valence-electron chi connectivity index (χ3n) is 11.3. The summed E-state index contributed by atoms with van der Waals surface area (Å²) < 4.78 is 11.1. The first-order valence-electron chi connectivity index (χ1n) is 18.6. The van der Waals surface area contributed by atoms with Crippen molar-refractivity contribution in [3.63, 3.8) is 0 Å². The van der Waals surface area contributed by atoms with E-state index in [2.05, 4.69) is 186 Å². The van der Waals surface area contributed by atoms with Gasteiger partial charge in [0.2, 0.25) is 0 Å². The lowest BCUT2D eigenvalue weighted by molar-refractivity contribution is 0.672. The molecule has 0 radical (unpaired) electrons. The zero-order chi connectivity index (χ0) is 36.5. The molecule has 260 valence electrons. The maximum atomic E-state index is 6.60. The number of fused-ring (bicyclic) bond motifs is 8. The van der Waals surface area contributed by atoms with E-state index in [0.29, 0.717) is 0 Å². The number of nitrogens with zero attached hydrogens (tertiary/aromatic N) is 4. The van der Waals surface area contributed by atoms with Gasteiger partial charge in [-0.2, -0.15) is 0 Å². The molecule has 0 aliphatic heterocycles. The van der Waals surface area contributed by atoms with Crippen LogP contribution in [0.2, 0.25) is 0 Å². The fraction of sp³-hybridized carbons (Fsp3) is 0.0204. The maximum Gasteiger partial charge on any atom is 0.179 e. The van der Waals surface area contributed by atoms with Gasteiger partial charge in [-0.25, -0.2) is 9.97 Å². The molecular weight excluding hydrogens is 689 g/mol. The average molecular weight is 723 g/mol. The summed E-state index contributed by atoms with van der Waals surface area (Å²) in [5, 5.41) is 9.43. The maximum absolute atomic E-state index is 6.60. The van der Waals surface area contributed by atoms with Gasteiger partial charge in [0.05, 0.1) is 21.9 Å². The van der Waals surface area contributed by atoms with E-state index < -0.39 is 8.07 Å². The second-order valence-electron chi connectivity index (χ2n) is 14.2. The van der Waals surface area contributed by atoms with Crippen LogP contribution in [0.5, 0.6) is 0 Å². The van der Waals surface area contributed by atoms with E-state index in [1.165, 1.54) is 20.7 Å². The van der Waals surface area contributed by atoms with Crippen LogP contribution in [0.3, 0.4) is 0 Å². The molecule has 6 heteroatoms. The minimum absolute atomic E-state index is 0.869. The number of pyridine rings is 1. The number of rotatable bonds is 6. The quantitative estimate of drug-likeness (QED) is 0.127. The molecular formula is C49H34N4OSi. The number of hydrogen-bond acceptors (Lipinski definition) is 3. The summed E-state index contributed by atoms with van der Waals surface area (Å²) in [5.41, 5.74) is 7.96. The Balaban J connectivity index is 1.20. The molecule has 11 aromatic rings. The third kappa shape index (κ3) is 4.65. The third-order valence-corrected chi connectivity index (χ3v) is 16.1. The van der Waals surface area contributed by atoms with E-state index >= 15 is 0 Å². The number of aryl methyl sites for hydroxylation is 1. The molecule has 11 rings (SSSR count). The summed E-state index contributed by atoms with van der Waals surface area (Å²) in [6.45, 7) is 0. The molecule has 0 N–H and O–H groups in total. The van der Waals surface area contributed by atoms with Crippen molar-refractivity contribution >= 4 is 83.7 Å². The molecule has 0 aliphatic rings. The molecule has 0 atom stereocenters. The van der Waals surface area contributed by atoms with E-state index in [4.69, 9.17) is 14.4 Å². The molecule has 0 aliphatic carbocycles. The molecule has 0 fully saturated rings. The summed E-state index contributed by atoms with van der Waals surface area (Å²) in [6.07, 6.45) is 1.97. The van der Waals surface area contributed by atoms with Gasteiger partial charge in [0.1, 0.15) is 22.6 Å². The molecule has 0 unspecified atom stereocenters. The Morgan fingerprint density at radius 2 is 1.15 bits per heavy atom. The van der Waals surface area contributed by atoms with Crippen molar-refractivity contribution in [2.45, 2.75) is 0 Å². The number of hydrogen-bond donors (Lipinski definition) is 0. The Labute approximate surface area is 318 Å². The van der Waals surface area contributed by atoms with Gasteiger partial charge in [0.25, 0.3) is 0 Å². The molecule has 4 heterocycles. The standard InChI is InChI=1S/C49H34N4OSi/c1-52-44-28-12-10-26-42(44)51-48(52)33-16-14-22-37(30-33)55(35-18-4-2-5-19-35,36-20-6-3-7-21-36)38-23-15-17-34(31-38)53-43-27-11-8-25-40(43)46-47-41(32-50-49(46)53)39-24-9-13-29-45(39)54-47/h2-32H,1H3. The summed E-state index contributed by atoms with van der Waals surface area (Å²) in [7, 11) is -0.845. The topological polar surface area (TPSA) is 48.8 Å². The van der Waals surface area contributed by atoms with Crippen molar-refractivity contribution in [3.8, 4) is 17.1 Å². The van der Waals surface area contributed by atoms with Crippen molar-refractivity contribution in [2.75, 3.05) is 0 Å². The van der Waals surface area contributed by atoms with Crippen molar-refractivity contribution < 1.29 is 4.42 Å². The SMILES string of the molecule is Cn1c(-c2cccc([Si](c3ccccc3)(c3ccccc3)c3cccc(-n4c5ccccc5c5c6oc7ccccc7c6cnc54)c3)c2)nc2ccccc21. The molecule has 0 amide bonds. The Kier molecular flexibility index (Phi) is 7.02. The van der Waals surface area contributed by atoms with Crippen LogP contribution >= 0.6 is 0 Å². The monoisotopic (exact) mass is 722 g/mol. The first-order valence-corrected chi connectivity index (χ1v) is 20.6. The van der Waals surface area contributed by atoms with Crippen LogP contribution in [-0.2, 0) is 7.05 Å². The molecule has 0 spiro atoms. The summed E-state index contributed by atoms with van der Waals surface area (Å²) in [4.78, 5) is 10.3. The van der Waals surface area contributed by atoms with Crippen LogP contribution in [0.15, 0.2) is 193 Å². The first-order chi connectivity index (χ1) is 27.2. The number of imidazole rings is 1. The van der Waals surface area contributed by atoms with Gasteiger partial charge < -0.3 is 8.98 Å². The van der Waals surface area contributed by atoms with Crippen LogP contribution < -0.4 is 20.7 Å². The highest BCUT2D eigenvalue weighted by molar-refractivity contribution is 7.20. The van der Waals surface area contributed by atoms with Gasteiger partial charge in [0.15, 0.2) is 8.07 Å². The van der Waals surface area contributed by atoms with E-state index in [9.17, 15) is 0 Å². The first kappa shape index (κ1) is 31.5. The van der Waals surface area contributed by atoms with Crippen LogP contribution in [-0.4, -0.2) is 27.2 Å². The van der Waals surface area contributed by atoms with Gasteiger partial charge in [-0.05, 0) is 57.1 Å². The number of para-hydroxylation sites is 4. The Morgan fingerprint density at radius 1 is 0.527 bits per heavy atom. The van der Waals surface area contributed by atoms with Gasteiger partial charge in [-0.15, -0.1) is 0 Å². The second-order valence-corrected chi connectivity index (χ2v) is 18.1. The Morgan fingerprint density at radius 3 is 1.91 bits per heavy atom. The number of furan rings is 1. The van der Waals surface area contributed by atoms with Crippen LogP contribution in [0, 0.1) is 0 Å². The molecule has 0 saturated carbocycles. The lowest BCUT2D eigenvalue weighted by atomic mass is 10.1. The van der Waals surface area contributed by atoms with Crippen LogP contribution in [0.25, 0.3) is 72.0 Å². The molecule has 5 nitrogen and oxygen atoms in total. The lowest BCUT2D eigenvalue weighted by Crippen LogP contribution is -2.74. The summed E-state index contributed by atoms with van der Waals surface area (Å²) in [6, 6.07) is 65.6. The van der Waals surface area contributed by atoms with E-state index in [1.54, 1.807) is 0 Å².